The SMILES string of the molecule is O=S(=O)(O)c1cnn(-c2ccc(Cl)cc2)c1. The molecular weight excluding hydrogens is 252 g/mol. The van der Waals surface area contributed by atoms with Crippen LogP contribution in [0.5, 0.6) is 0 Å². The van der Waals surface area contributed by atoms with Gasteiger partial charge in [0.15, 0.2) is 0 Å². The van der Waals surface area contributed by atoms with Crippen LogP contribution < -0.4 is 0 Å². The molecule has 0 radical (unpaired) electrons. The predicted molar refractivity (Wildman–Crippen MR) is 58.4 cm³/mol. The van der Waals surface area contributed by atoms with Crippen LogP contribution in [0.2, 0.25) is 5.02 Å². The summed E-state index contributed by atoms with van der Waals surface area (Å²) in [5.74, 6) is 0. The minimum atomic E-state index is -4.21. The molecule has 1 aromatic carbocycles. The number of rotatable bonds is 2. The Morgan fingerprint density at radius 2 is 1.88 bits per heavy atom. The monoisotopic (exact) mass is 258 g/mol. The van der Waals surface area contributed by atoms with E-state index in [9.17, 15) is 8.42 Å². The van der Waals surface area contributed by atoms with Crippen LogP contribution in [0, 0.1) is 0 Å². The van der Waals surface area contributed by atoms with Crippen LogP contribution in [0.15, 0.2) is 41.6 Å². The van der Waals surface area contributed by atoms with E-state index in [0.29, 0.717) is 10.7 Å². The highest BCUT2D eigenvalue weighted by atomic mass is 35.5. The molecule has 1 heterocycles. The first kappa shape index (κ1) is 11.1. The van der Waals surface area contributed by atoms with E-state index in [4.69, 9.17) is 16.2 Å². The molecule has 16 heavy (non-hydrogen) atoms. The zero-order valence-corrected chi connectivity index (χ0v) is 9.48. The van der Waals surface area contributed by atoms with Crippen molar-refractivity contribution in [3.8, 4) is 5.69 Å². The maximum atomic E-state index is 10.8. The molecule has 0 fully saturated rings. The number of halogens is 1. The molecule has 0 atom stereocenters. The summed E-state index contributed by atoms with van der Waals surface area (Å²) in [6.45, 7) is 0. The van der Waals surface area contributed by atoms with Crippen LogP contribution >= 0.6 is 11.6 Å². The van der Waals surface area contributed by atoms with E-state index in [2.05, 4.69) is 5.10 Å². The smallest absolute Gasteiger partial charge is 0.282 e. The van der Waals surface area contributed by atoms with Crippen LogP contribution in [-0.4, -0.2) is 22.8 Å². The van der Waals surface area contributed by atoms with Crippen molar-refractivity contribution in [3.63, 3.8) is 0 Å². The van der Waals surface area contributed by atoms with Crippen LogP contribution in [0.1, 0.15) is 0 Å². The molecule has 7 heteroatoms. The summed E-state index contributed by atoms with van der Waals surface area (Å²) in [6.07, 6.45) is 2.29. The summed E-state index contributed by atoms with van der Waals surface area (Å²) in [7, 11) is -4.21. The number of hydrogen-bond acceptors (Lipinski definition) is 3. The molecule has 1 aromatic heterocycles. The topological polar surface area (TPSA) is 72.2 Å². The highest BCUT2D eigenvalue weighted by molar-refractivity contribution is 7.85. The van der Waals surface area contributed by atoms with Gasteiger partial charge in [0.1, 0.15) is 4.90 Å². The standard InChI is InChI=1S/C9H7ClN2O3S/c10-7-1-3-8(4-2-7)12-6-9(5-11-12)16(13,14)15/h1-6H,(H,13,14,15). The predicted octanol–water partition coefficient (Wildman–Crippen LogP) is 1.77. The summed E-state index contributed by atoms with van der Waals surface area (Å²) in [4.78, 5) is -0.248. The molecule has 0 amide bonds. The summed E-state index contributed by atoms with van der Waals surface area (Å²) in [5.41, 5.74) is 0.652. The number of benzene rings is 1. The highest BCUT2D eigenvalue weighted by Gasteiger charge is 2.12. The van der Waals surface area contributed by atoms with E-state index < -0.39 is 10.1 Å². The normalized spacial score (nSPS) is 11.6. The zero-order valence-electron chi connectivity index (χ0n) is 7.91. The van der Waals surface area contributed by atoms with Gasteiger partial charge < -0.3 is 0 Å². The lowest BCUT2D eigenvalue weighted by molar-refractivity contribution is 0.483. The Kier molecular flexibility index (Phi) is 2.71. The molecule has 0 saturated heterocycles. The van der Waals surface area contributed by atoms with E-state index in [-0.39, 0.29) is 4.90 Å². The van der Waals surface area contributed by atoms with Crippen LogP contribution in [0.25, 0.3) is 5.69 Å². The number of hydrogen-bond donors (Lipinski definition) is 1. The van der Waals surface area contributed by atoms with Gasteiger partial charge in [-0.05, 0) is 24.3 Å². The maximum absolute atomic E-state index is 10.8. The fourth-order valence-electron chi connectivity index (χ4n) is 1.17. The highest BCUT2D eigenvalue weighted by Crippen LogP contribution is 2.14. The fourth-order valence-corrected chi connectivity index (χ4v) is 1.71. The molecule has 0 unspecified atom stereocenters. The Bertz CT molecular complexity index is 604. The molecular formula is C9H7ClN2O3S. The van der Waals surface area contributed by atoms with Crippen molar-refractivity contribution in [2.24, 2.45) is 0 Å². The van der Waals surface area contributed by atoms with Crippen molar-refractivity contribution in [2.75, 3.05) is 0 Å². The Morgan fingerprint density at radius 3 is 2.38 bits per heavy atom. The van der Waals surface area contributed by atoms with E-state index in [1.807, 2.05) is 0 Å². The number of aromatic nitrogens is 2. The van der Waals surface area contributed by atoms with Crippen molar-refractivity contribution in [3.05, 3.63) is 41.7 Å². The second-order valence-electron chi connectivity index (χ2n) is 3.07. The van der Waals surface area contributed by atoms with Crippen LogP contribution in [0.4, 0.5) is 0 Å². The first-order chi connectivity index (χ1) is 7.47. The minimum Gasteiger partial charge on any atom is -0.282 e. The molecule has 0 aliphatic heterocycles. The average Bonchev–Trinajstić information content (AvgIpc) is 2.67. The van der Waals surface area contributed by atoms with Crippen molar-refractivity contribution >= 4 is 21.7 Å². The Morgan fingerprint density at radius 1 is 1.25 bits per heavy atom. The number of nitrogens with zero attached hydrogens (tertiary/aromatic N) is 2. The minimum absolute atomic E-state index is 0.248. The maximum Gasteiger partial charge on any atom is 0.297 e. The lowest BCUT2D eigenvalue weighted by Crippen LogP contribution is -1.96. The Hall–Kier alpha value is -1.37. The molecule has 2 rings (SSSR count). The zero-order chi connectivity index (χ0) is 11.8. The van der Waals surface area contributed by atoms with Crippen LogP contribution in [-0.2, 0) is 10.1 Å². The van der Waals surface area contributed by atoms with E-state index in [0.717, 1.165) is 6.20 Å². The third kappa shape index (κ3) is 2.24. The molecule has 1 N–H and O–H groups in total. The fraction of sp³-hybridized carbons (Fsp3) is 0. The molecule has 0 spiro atoms. The molecule has 84 valence electrons. The van der Waals surface area contributed by atoms with Crippen molar-refractivity contribution < 1.29 is 13.0 Å². The summed E-state index contributed by atoms with van der Waals surface area (Å²) in [6, 6.07) is 6.68. The Labute approximate surface area is 97.0 Å². The first-order valence-electron chi connectivity index (χ1n) is 4.25. The first-order valence-corrected chi connectivity index (χ1v) is 6.07. The summed E-state index contributed by atoms with van der Waals surface area (Å²) in [5, 5.41) is 4.39. The van der Waals surface area contributed by atoms with Gasteiger partial charge in [-0.25, -0.2) is 4.68 Å². The molecule has 0 bridgehead atoms. The van der Waals surface area contributed by atoms with Gasteiger partial charge in [0.25, 0.3) is 10.1 Å². The van der Waals surface area contributed by atoms with Gasteiger partial charge in [-0.2, -0.15) is 13.5 Å². The van der Waals surface area contributed by atoms with Gasteiger partial charge in [-0.1, -0.05) is 11.6 Å². The van der Waals surface area contributed by atoms with E-state index in [1.54, 1.807) is 24.3 Å². The van der Waals surface area contributed by atoms with Crippen molar-refractivity contribution in [2.45, 2.75) is 4.90 Å². The van der Waals surface area contributed by atoms with Gasteiger partial charge in [0.05, 0.1) is 18.1 Å². The lowest BCUT2D eigenvalue weighted by Gasteiger charge is -1.99. The van der Waals surface area contributed by atoms with Gasteiger partial charge in [0.2, 0.25) is 0 Å². The molecule has 0 aliphatic rings. The quantitative estimate of drug-likeness (QED) is 0.834. The van der Waals surface area contributed by atoms with E-state index >= 15 is 0 Å². The molecule has 5 nitrogen and oxygen atoms in total. The second-order valence-corrected chi connectivity index (χ2v) is 4.93. The lowest BCUT2D eigenvalue weighted by atomic mass is 10.3. The van der Waals surface area contributed by atoms with Gasteiger partial charge >= 0.3 is 0 Å². The summed E-state index contributed by atoms with van der Waals surface area (Å²) < 4.78 is 31.7. The van der Waals surface area contributed by atoms with Gasteiger partial charge in [0, 0.05) is 5.02 Å². The van der Waals surface area contributed by atoms with Crippen molar-refractivity contribution in [1.82, 2.24) is 9.78 Å². The molecule has 0 aliphatic carbocycles. The summed E-state index contributed by atoms with van der Waals surface area (Å²) >= 11 is 5.71. The third-order valence-corrected chi connectivity index (χ3v) is 3.01. The van der Waals surface area contributed by atoms with Crippen molar-refractivity contribution in [1.29, 1.82) is 0 Å². The third-order valence-electron chi connectivity index (χ3n) is 1.95. The second kappa shape index (κ2) is 3.89. The largest absolute Gasteiger partial charge is 0.297 e. The van der Waals surface area contributed by atoms with Gasteiger partial charge in [-0.3, -0.25) is 4.55 Å². The Balaban J connectivity index is 2.43. The van der Waals surface area contributed by atoms with Gasteiger partial charge in [-0.15, -0.1) is 0 Å². The molecule has 2 aromatic rings. The van der Waals surface area contributed by atoms with E-state index in [1.165, 1.54) is 10.9 Å². The molecule has 0 saturated carbocycles. The van der Waals surface area contributed by atoms with Crippen LogP contribution in [0.3, 0.4) is 0 Å². The average molecular weight is 259 g/mol.